The van der Waals surface area contributed by atoms with Crippen LogP contribution in [0.5, 0.6) is 0 Å². The average Bonchev–Trinajstić information content (AvgIpc) is 3.35. The maximum atomic E-state index is 14.2. The Labute approximate surface area is 463 Å². The topological polar surface area (TPSA) is 397 Å². The van der Waals surface area contributed by atoms with Gasteiger partial charge in [-0.1, -0.05) is 121 Å². The van der Waals surface area contributed by atoms with Crippen molar-refractivity contribution in [2.45, 2.75) is 233 Å². The molecule has 0 aliphatic rings. The van der Waals surface area contributed by atoms with E-state index in [1.807, 2.05) is 0 Å². The minimum Gasteiger partial charge on any atom is -0.394 e. The molecule has 10 amide bonds. The Morgan fingerprint density at radius 3 is 1.15 bits per heavy atom. The van der Waals surface area contributed by atoms with Crippen LogP contribution in [0.3, 0.4) is 0 Å². The van der Waals surface area contributed by atoms with Gasteiger partial charge in [-0.3, -0.25) is 47.9 Å². The van der Waals surface area contributed by atoms with Crippen LogP contribution in [0.2, 0.25) is 0 Å². The lowest BCUT2D eigenvalue weighted by Gasteiger charge is -2.30. The van der Waals surface area contributed by atoms with E-state index in [0.717, 1.165) is 32.1 Å². The highest BCUT2D eigenvalue weighted by atomic mass is 16.3. The van der Waals surface area contributed by atoms with Gasteiger partial charge in [0.25, 0.3) is 0 Å². The van der Waals surface area contributed by atoms with Crippen molar-refractivity contribution in [1.82, 2.24) is 47.9 Å². The summed E-state index contributed by atoms with van der Waals surface area (Å²) in [5.74, 6) is -9.09. The van der Waals surface area contributed by atoms with Gasteiger partial charge in [0.15, 0.2) is 0 Å². The van der Waals surface area contributed by atoms with E-state index in [1.54, 1.807) is 69.2 Å². The molecule has 0 radical (unpaired) electrons. The smallest absolute Gasteiger partial charge is 0.245 e. The standard InChI is InChI=1S/C54H102N12O12/c1-13-15-16-17-18-19-20-21-42(69)58-36(22-24-55)47(71)65-44(34(11)14-2)53(77)66-45(35(12)68)54(78)62-39(27-31(5)6)50(74)60-38(26-30(3)4)49(73)59-37(23-25-56)48(72)64-43(33(9)10)52(76)61-40(28-32(7)8)51(75)63-41(29-67)46(57)70/h30-41,43-45,67-68H,13-29,55-56H2,1-12H3,(H2,57,70)(H,58,69)(H,59,73)(H,60,74)(H,61,76)(H,62,78)(H,63,75)(H,64,72)(H,65,71)(H,66,77)/t34-,35?,36-,37-,38-,39+,40-,41-,43+,44-,45-/m0/s1. The summed E-state index contributed by atoms with van der Waals surface area (Å²) >= 11 is 0. The number of primary amides is 1. The van der Waals surface area contributed by atoms with Crippen molar-refractivity contribution in [2.75, 3.05) is 19.7 Å². The van der Waals surface area contributed by atoms with Crippen molar-refractivity contribution in [3.05, 3.63) is 0 Å². The number of rotatable bonds is 41. The van der Waals surface area contributed by atoms with Crippen LogP contribution in [0.15, 0.2) is 0 Å². The van der Waals surface area contributed by atoms with Crippen LogP contribution >= 0.6 is 0 Å². The number of carbonyl (C=O) groups excluding carboxylic acids is 10. The van der Waals surface area contributed by atoms with Gasteiger partial charge in [-0.2, -0.15) is 0 Å². The van der Waals surface area contributed by atoms with Gasteiger partial charge < -0.3 is 75.3 Å². The highest BCUT2D eigenvalue weighted by Gasteiger charge is 2.38. The van der Waals surface area contributed by atoms with Crippen LogP contribution in [-0.2, 0) is 47.9 Å². The lowest BCUT2D eigenvalue weighted by Crippen LogP contribution is -2.62. The molecule has 0 heterocycles. The molecule has 11 atom stereocenters. The third-order valence-electron chi connectivity index (χ3n) is 13.2. The summed E-state index contributed by atoms with van der Waals surface area (Å²) in [5.41, 5.74) is 17.0. The van der Waals surface area contributed by atoms with Gasteiger partial charge in [0, 0.05) is 6.42 Å². The van der Waals surface area contributed by atoms with Crippen LogP contribution in [0.1, 0.15) is 173 Å². The number of carbonyl (C=O) groups is 10. The van der Waals surface area contributed by atoms with Gasteiger partial charge in [0.1, 0.15) is 54.4 Å². The molecule has 17 N–H and O–H groups in total. The maximum absolute atomic E-state index is 14.2. The third kappa shape index (κ3) is 28.4. The first-order valence-electron chi connectivity index (χ1n) is 28.3. The van der Waals surface area contributed by atoms with E-state index in [-0.39, 0.29) is 75.3 Å². The molecule has 24 heteroatoms. The molecule has 0 aromatic heterocycles. The van der Waals surface area contributed by atoms with Gasteiger partial charge in [0.2, 0.25) is 59.1 Å². The second-order valence-electron chi connectivity index (χ2n) is 22.3. The summed E-state index contributed by atoms with van der Waals surface area (Å²) < 4.78 is 0. The van der Waals surface area contributed by atoms with Crippen molar-refractivity contribution >= 4 is 59.1 Å². The predicted octanol–water partition coefficient (Wildman–Crippen LogP) is -0.113. The molecule has 1 unspecified atom stereocenters. The zero-order valence-electron chi connectivity index (χ0n) is 48.9. The van der Waals surface area contributed by atoms with E-state index in [9.17, 15) is 58.2 Å². The van der Waals surface area contributed by atoms with Crippen molar-refractivity contribution in [3.63, 3.8) is 0 Å². The van der Waals surface area contributed by atoms with Crippen molar-refractivity contribution < 1.29 is 58.2 Å². The first kappa shape index (κ1) is 72.5. The first-order chi connectivity index (χ1) is 36.6. The molecule has 0 bridgehead atoms. The largest absolute Gasteiger partial charge is 0.394 e. The number of amides is 10. The molecule has 0 aliphatic carbocycles. The Morgan fingerprint density at radius 2 is 0.769 bits per heavy atom. The van der Waals surface area contributed by atoms with E-state index >= 15 is 0 Å². The number of aliphatic hydroxyl groups excluding tert-OH is 2. The summed E-state index contributed by atoms with van der Waals surface area (Å²) in [5, 5.41) is 44.1. The molecule has 0 saturated heterocycles. The van der Waals surface area contributed by atoms with Crippen molar-refractivity contribution in [2.24, 2.45) is 46.8 Å². The Kier molecular flexibility index (Phi) is 36.3. The summed E-state index contributed by atoms with van der Waals surface area (Å²) in [4.78, 5) is 136. The van der Waals surface area contributed by atoms with E-state index in [1.165, 1.54) is 13.3 Å². The molecule has 0 aromatic carbocycles. The molecule has 450 valence electrons. The Morgan fingerprint density at radius 1 is 0.423 bits per heavy atom. The van der Waals surface area contributed by atoms with Crippen molar-refractivity contribution in [3.8, 4) is 0 Å². The fourth-order valence-corrected chi connectivity index (χ4v) is 8.43. The van der Waals surface area contributed by atoms with Crippen LogP contribution in [0.4, 0.5) is 0 Å². The molecule has 0 saturated carbocycles. The molecule has 0 aliphatic heterocycles. The lowest BCUT2D eigenvalue weighted by atomic mass is 9.96. The molecule has 24 nitrogen and oxygen atoms in total. The molecule has 78 heavy (non-hydrogen) atoms. The molecule has 0 aromatic rings. The molecular weight excluding hydrogens is 1010 g/mol. The van der Waals surface area contributed by atoms with Crippen LogP contribution in [0.25, 0.3) is 0 Å². The quantitative estimate of drug-likeness (QED) is 0.0356. The monoisotopic (exact) mass is 1110 g/mol. The van der Waals surface area contributed by atoms with Crippen LogP contribution in [0, 0.1) is 29.6 Å². The Balaban J connectivity index is 6.42. The Bertz CT molecular complexity index is 1890. The highest BCUT2D eigenvalue weighted by molar-refractivity contribution is 5.98. The van der Waals surface area contributed by atoms with Gasteiger partial charge in [0.05, 0.1) is 12.7 Å². The molecule has 0 rings (SSSR count). The van der Waals surface area contributed by atoms with E-state index in [4.69, 9.17) is 17.2 Å². The number of hydrogen-bond donors (Lipinski definition) is 14. The fraction of sp³-hybridized carbons (Fsp3) is 0.815. The van der Waals surface area contributed by atoms with Gasteiger partial charge in [-0.05, 0) is 88.1 Å². The van der Waals surface area contributed by atoms with Crippen molar-refractivity contribution in [1.29, 1.82) is 0 Å². The average molecular weight is 1110 g/mol. The summed E-state index contributed by atoms with van der Waals surface area (Å²) in [6, 6.07) is -11.6. The first-order valence-corrected chi connectivity index (χ1v) is 28.3. The predicted molar refractivity (Wildman–Crippen MR) is 298 cm³/mol. The number of nitrogens with two attached hydrogens (primary N) is 3. The van der Waals surface area contributed by atoms with Gasteiger partial charge in [-0.15, -0.1) is 0 Å². The molecular formula is C54H102N12O12. The van der Waals surface area contributed by atoms with E-state index in [0.29, 0.717) is 12.8 Å². The number of nitrogens with one attached hydrogen (secondary N) is 9. The minimum absolute atomic E-state index is 0.0521. The van der Waals surface area contributed by atoms with Crippen LogP contribution in [-0.4, -0.2) is 149 Å². The van der Waals surface area contributed by atoms with E-state index < -0.39 is 132 Å². The van der Waals surface area contributed by atoms with E-state index in [2.05, 4.69) is 54.8 Å². The maximum Gasteiger partial charge on any atom is 0.245 e. The summed E-state index contributed by atoms with van der Waals surface area (Å²) in [6.07, 6.45) is 6.50. The fourth-order valence-electron chi connectivity index (χ4n) is 8.43. The second kappa shape index (κ2) is 39.0. The molecule has 0 spiro atoms. The van der Waals surface area contributed by atoms with Gasteiger partial charge >= 0.3 is 0 Å². The lowest BCUT2D eigenvalue weighted by molar-refractivity contribution is -0.138. The summed E-state index contributed by atoms with van der Waals surface area (Å²) in [7, 11) is 0. The van der Waals surface area contributed by atoms with Crippen LogP contribution < -0.4 is 65.1 Å². The molecule has 0 fully saturated rings. The normalized spacial score (nSPS) is 15.7. The number of aliphatic hydroxyl groups is 2. The third-order valence-corrected chi connectivity index (χ3v) is 13.2. The summed E-state index contributed by atoms with van der Waals surface area (Å²) in [6.45, 7) is 20.3. The minimum atomic E-state index is -1.62. The zero-order chi connectivity index (χ0) is 59.8. The highest BCUT2D eigenvalue weighted by Crippen LogP contribution is 2.15. The zero-order valence-corrected chi connectivity index (χ0v) is 48.9. The number of unbranched alkanes of at least 4 members (excludes halogenated alkanes) is 6. The van der Waals surface area contributed by atoms with Gasteiger partial charge in [-0.25, -0.2) is 0 Å². The SMILES string of the molecule is CCCCCCCCCC(=O)N[C@@H](CCN)C(=O)N[C@H](C(=O)N[C@H](C(=O)N[C@H](CC(C)C)C(=O)N[C@@H](CC(C)C)C(=O)N[C@@H](CCN)C(=O)N[C@@H](C(=O)N[C@@H](CC(C)C)C(=O)N[C@@H](CO)C(N)=O)C(C)C)C(C)O)[C@@H](C)CC. The second-order valence-corrected chi connectivity index (χ2v) is 22.3. The number of hydrogen-bond acceptors (Lipinski definition) is 14. The Hall–Kier alpha value is -5.46.